The number of hydrogen-bond acceptors (Lipinski definition) is 5. The van der Waals surface area contributed by atoms with Gasteiger partial charge in [-0.25, -0.2) is 9.78 Å². The lowest BCUT2D eigenvalue weighted by Gasteiger charge is -2.09. The molecule has 0 fully saturated rings. The highest BCUT2D eigenvalue weighted by Gasteiger charge is 2.18. The molecule has 3 aromatic rings. The highest BCUT2D eigenvalue weighted by molar-refractivity contribution is 9.10. The molecule has 0 aliphatic carbocycles. The van der Waals surface area contributed by atoms with Gasteiger partial charge in [0.2, 0.25) is 0 Å². The third kappa shape index (κ3) is 5.12. The molecule has 0 unspecified atom stereocenters. The maximum absolute atomic E-state index is 12.6. The predicted octanol–water partition coefficient (Wildman–Crippen LogP) is 5.43. The molecule has 1 aromatic heterocycles. The van der Waals surface area contributed by atoms with E-state index in [0.717, 1.165) is 27.1 Å². The van der Waals surface area contributed by atoms with Crippen LogP contribution in [0.5, 0.6) is 5.75 Å². The lowest BCUT2D eigenvalue weighted by Crippen LogP contribution is -2.19. The quantitative estimate of drug-likeness (QED) is 0.459. The number of aromatic nitrogens is 1. The van der Waals surface area contributed by atoms with Gasteiger partial charge in [-0.15, -0.1) is 0 Å². The summed E-state index contributed by atoms with van der Waals surface area (Å²) in [6.07, 6.45) is 0. The smallest absolute Gasteiger partial charge is 0.325 e. The number of carbonyl (C=O) groups excluding carboxylic acids is 2. The number of aryl methyl sites for hydroxylation is 2. The fourth-order valence-electron chi connectivity index (χ4n) is 2.61. The van der Waals surface area contributed by atoms with Gasteiger partial charge in [0, 0.05) is 10.2 Å². The van der Waals surface area contributed by atoms with Crippen LogP contribution in [0.3, 0.4) is 0 Å². The second-order valence-electron chi connectivity index (χ2n) is 6.13. The highest BCUT2D eigenvalue weighted by atomic mass is 79.9. The van der Waals surface area contributed by atoms with E-state index in [4.69, 9.17) is 4.74 Å². The van der Waals surface area contributed by atoms with E-state index in [1.807, 2.05) is 31.2 Å². The van der Waals surface area contributed by atoms with E-state index in [1.54, 1.807) is 25.1 Å². The third-order valence-corrected chi connectivity index (χ3v) is 5.58. The largest absolute Gasteiger partial charge is 0.495 e. The third-order valence-electron chi connectivity index (χ3n) is 4.02. The van der Waals surface area contributed by atoms with Gasteiger partial charge in [0.25, 0.3) is 5.91 Å². The predicted molar refractivity (Wildman–Crippen MR) is 119 cm³/mol. The summed E-state index contributed by atoms with van der Waals surface area (Å²) in [6.45, 7) is 3.64. The molecule has 9 heteroatoms. The van der Waals surface area contributed by atoms with E-state index in [1.165, 1.54) is 7.11 Å². The van der Waals surface area contributed by atoms with E-state index in [2.05, 4.69) is 36.9 Å². The summed E-state index contributed by atoms with van der Waals surface area (Å²) in [7, 11) is 1.53. The number of nitrogens with one attached hydrogen (secondary N) is 3. The van der Waals surface area contributed by atoms with Gasteiger partial charge in [-0.05, 0) is 49.7 Å². The van der Waals surface area contributed by atoms with Crippen LogP contribution in [-0.4, -0.2) is 24.0 Å². The maximum atomic E-state index is 12.6. The number of halogens is 1. The number of amides is 3. The number of urea groups is 1. The Morgan fingerprint density at radius 1 is 1.03 bits per heavy atom. The summed E-state index contributed by atoms with van der Waals surface area (Å²) in [4.78, 5) is 29.7. The van der Waals surface area contributed by atoms with Crippen LogP contribution >= 0.6 is 27.3 Å². The van der Waals surface area contributed by atoms with Gasteiger partial charge >= 0.3 is 6.03 Å². The molecule has 0 aliphatic heterocycles. The molecule has 150 valence electrons. The summed E-state index contributed by atoms with van der Waals surface area (Å²) in [5, 5.41) is 8.57. The molecular weight excluding hydrogens is 456 g/mol. The van der Waals surface area contributed by atoms with Crippen molar-refractivity contribution in [2.75, 3.05) is 23.1 Å². The van der Waals surface area contributed by atoms with Crippen LogP contribution in [0.4, 0.5) is 21.3 Å². The summed E-state index contributed by atoms with van der Waals surface area (Å²) in [5.74, 6) is 0.270. The highest BCUT2D eigenvalue weighted by Crippen LogP contribution is 2.27. The Balaban J connectivity index is 1.69. The normalized spacial score (nSPS) is 10.3. The summed E-state index contributed by atoms with van der Waals surface area (Å²) < 4.78 is 6.15. The number of thiazole rings is 1. The van der Waals surface area contributed by atoms with Gasteiger partial charge in [0.05, 0.1) is 18.5 Å². The van der Waals surface area contributed by atoms with Crippen molar-refractivity contribution in [3.8, 4) is 5.75 Å². The number of para-hydroxylation sites is 2. The molecule has 7 nitrogen and oxygen atoms in total. The van der Waals surface area contributed by atoms with E-state index < -0.39 is 6.03 Å². The Labute approximate surface area is 180 Å². The van der Waals surface area contributed by atoms with Crippen LogP contribution in [0.2, 0.25) is 0 Å². The zero-order chi connectivity index (χ0) is 21.0. The minimum absolute atomic E-state index is 0.274. The van der Waals surface area contributed by atoms with Crippen molar-refractivity contribution < 1.29 is 14.3 Å². The SMILES string of the molecule is COc1ccccc1NC(=O)Nc1nc(C)c(C(=O)Nc2ccc(Br)cc2C)s1. The van der Waals surface area contributed by atoms with Crippen LogP contribution in [-0.2, 0) is 0 Å². The van der Waals surface area contributed by atoms with Crippen LogP contribution in [0.1, 0.15) is 20.9 Å². The minimum atomic E-state index is -0.473. The van der Waals surface area contributed by atoms with Crippen LogP contribution < -0.4 is 20.7 Å². The number of carbonyl (C=O) groups is 2. The Kier molecular flexibility index (Phi) is 6.50. The van der Waals surface area contributed by atoms with Gasteiger partial charge in [-0.3, -0.25) is 10.1 Å². The summed E-state index contributed by atoms with van der Waals surface area (Å²) in [5.41, 5.74) is 2.72. The first-order valence-corrected chi connectivity index (χ1v) is 10.2. The van der Waals surface area contributed by atoms with Crippen LogP contribution in [0.25, 0.3) is 0 Å². The van der Waals surface area contributed by atoms with Crippen LogP contribution in [0, 0.1) is 13.8 Å². The molecule has 0 saturated heterocycles. The number of ether oxygens (including phenoxy) is 1. The van der Waals surface area contributed by atoms with E-state index in [9.17, 15) is 9.59 Å². The monoisotopic (exact) mass is 474 g/mol. The van der Waals surface area contributed by atoms with E-state index in [-0.39, 0.29) is 5.91 Å². The van der Waals surface area contributed by atoms with Crippen molar-refractivity contribution in [1.29, 1.82) is 0 Å². The van der Waals surface area contributed by atoms with Gasteiger partial charge in [-0.2, -0.15) is 0 Å². The first-order chi connectivity index (χ1) is 13.9. The van der Waals surface area contributed by atoms with E-state index >= 15 is 0 Å². The molecule has 0 spiro atoms. The minimum Gasteiger partial charge on any atom is -0.495 e. The van der Waals surface area contributed by atoms with Crippen molar-refractivity contribution in [3.05, 3.63) is 63.1 Å². The number of rotatable bonds is 5. The molecule has 2 aromatic carbocycles. The lowest BCUT2D eigenvalue weighted by atomic mass is 10.2. The number of anilines is 3. The molecule has 0 aliphatic rings. The number of hydrogen-bond donors (Lipinski definition) is 3. The molecule has 29 heavy (non-hydrogen) atoms. The number of methoxy groups -OCH3 is 1. The van der Waals surface area contributed by atoms with Gasteiger partial charge in [0.1, 0.15) is 10.6 Å². The molecule has 3 amide bonds. The second-order valence-corrected chi connectivity index (χ2v) is 8.04. The molecule has 1 heterocycles. The zero-order valence-corrected chi connectivity index (χ0v) is 18.4. The lowest BCUT2D eigenvalue weighted by molar-refractivity contribution is 0.102. The molecule has 0 bridgehead atoms. The maximum Gasteiger partial charge on any atom is 0.325 e. The van der Waals surface area contributed by atoms with Crippen LogP contribution in [0.15, 0.2) is 46.9 Å². The van der Waals surface area contributed by atoms with Gasteiger partial charge in [-0.1, -0.05) is 39.4 Å². The first-order valence-electron chi connectivity index (χ1n) is 8.63. The Morgan fingerprint density at radius 3 is 2.52 bits per heavy atom. The number of benzene rings is 2. The second kappa shape index (κ2) is 9.06. The fraction of sp³-hybridized carbons (Fsp3) is 0.150. The van der Waals surface area contributed by atoms with Crippen molar-refractivity contribution in [2.45, 2.75) is 13.8 Å². The Bertz CT molecular complexity index is 1070. The molecule has 0 saturated carbocycles. The Morgan fingerprint density at radius 2 is 1.79 bits per heavy atom. The van der Waals surface area contributed by atoms with Gasteiger partial charge in [0.15, 0.2) is 5.13 Å². The fourth-order valence-corrected chi connectivity index (χ4v) is 3.94. The standard InChI is InChI=1S/C20H19BrN4O3S/c1-11-10-13(21)8-9-14(11)23-18(26)17-12(2)22-20(29-17)25-19(27)24-15-6-4-5-7-16(15)28-3/h4-10H,1-3H3,(H,23,26)(H2,22,24,25,27). The van der Waals surface area contributed by atoms with E-state index in [0.29, 0.717) is 27.1 Å². The average molecular weight is 475 g/mol. The Hall–Kier alpha value is -2.91. The van der Waals surface area contributed by atoms with Crippen molar-refractivity contribution in [3.63, 3.8) is 0 Å². The molecule has 0 radical (unpaired) electrons. The summed E-state index contributed by atoms with van der Waals surface area (Å²) >= 11 is 4.51. The van der Waals surface area contributed by atoms with Gasteiger partial charge < -0.3 is 15.4 Å². The number of nitrogens with zero attached hydrogens (tertiary/aromatic N) is 1. The molecular formula is C20H19BrN4O3S. The first kappa shape index (κ1) is 20.8. The molecule has 0 atom stereocenters. The van der Waals surface area contributed by atoms with Crippen molar-refractivity contribution >= 4 is 55.7 Å². The topological polar surface area (TPSA) is 92.3 Å². The molecule has 3 rings (SSSR count). The molecule has 3 N–H and O–H groups in total. The zero-order valence-electron chi connectivity index (χ0n) is 16.0. The van der Waals surface area contributed by atoms with Crippen molar-refractivity contribution in [1.82, 2.24) is 4.98 Å². The average Bonchev–Trinajstić information content (AvgIpc) is 3.04. The van der Waals surface area contributed by atoms with Crippen molar-refractivity contribution in [2.24, 2.45) is 0 Å². The summed E-state index contributed by atoms with van der Waals surface area (Å²) in [6, 6.07) is 12.2.